The molecular formula is C19H33N3O2. The Labute approximate surface area is 146 Å². The molecule has 0 bridgehead atoms. The Morgan fingerprint density at radius 3 is 1.92 bits per heavy atom. The second kappa shape index (κ2) is 8.10. The zero-order valence-electron chi connectivity index (χ0n) is 16.3. The van der Waals surface area contributed by atoms with E-state index in [1.54, 1.807) is 7.05 Å². The summed E-state index contributed by atoms with van der Waals surface area (Å²) in [5.74, 6) is -0.113. The molecule has 2 atom stereocenters. The predicted octanol–water partition coefficient (Wildman–Crippen LogP) is 2.89. The monoisotopic (exact) mass is 335 g/mol. The zero-order valence-corrected chi connectivity index (χ0v) is 16.3. The van der Waals surface area contributed by atoms with E-state index in [0.29, 0.717) is 0 Å². The number of carbonyl (C=O) groups is 1. The maximum Gasteiger partial charge on any atom is 0.264 e. The standard InChI is InChI=1S/C19H33N3O2/c1-18(2,3)20-15(14-12-10-9-11-13-14)16(21-19(4,5)6)17(23)22(7)24-8/h9-13,15-16,20-21H,1-8H3/t15-,16+/m0/s1. The van der Waals surface area contributed by atoms with Gasteiger partial charge < -0.3 is 5.32 Å². The van der Waals surface area contributed by atoms with Crippen LogP contribution >= 0.6 is 0 Å². The van der Waals surface area contributed by atoms with Crippen LogP contribution in [0, 0.1) is 0 Å². The SMILES string of the molecule is CON(C)C(=O)[C@H](NC(C)(C)C)[C@@H](NC(C)(C)C)c1ccccc1. The van der Waals surface area contributed by atoms with E-state index in [2.05, 4.69) is 52.2 Å². The highest BCUT2D eigenvalue weighted by Crippen LogP contribution is 2.23. The maximum atomic E-state index is 13.0. The minimum absolute atomic E-state index is 0.113. The second-order valence-corrected chi connectivity index (χ2v) is 8.17. The van der Waals surface area contributed by atoms with Crippen LogP contribution in [-0.4, -0.2) is 42.2 Å². The van der Waals surface area contributed by atoms with Gasteiger partial charge in [0.1, 0.15) is 6.04 Å². The molecule has 0 spiro atoms. The Kier molecular flexibility index (Phi) is 6.96. The lowest BCUT2D eigenvalue weighted by atomic mass is 9.93. The Morgan fingerprint density at radius 1 is 1.00 bits per heavy atom. The van der Waals surface area contributed by atoms with Crippen molar-refractivity contribution in [1.82, 2.24) is 15.7 Å². The van der Waals surface area contributed by atoms with E-state index in [1.807, 2.05) is 30.3 Å². The first kappa shape index (κ1) is 20.6. The largest absolute Gasteiger partial charge is 0.303 e. The number of benzene rings is 1. The fourth-order valence-corrected chi connectivity index (χ4v) is 2.53. The van der Waals surface area contributed by atoms with Gasteiger partial charge in [-0.15, -0.1) is 0 Å². The molecule has 0 aliphatic rings. The summed E-state index contributed by atoms with van der Waals surface area (Å²) in [6.45, 7) is 12.5. The molecule has 0 saturated heterocycles. The summed E-state index contributed by atoms with van der Waals surface area (Å²) in [6, 6.07) is 9.40. The number of nitrogens with zero attached hydrogens (tertiary/aromatic N) is 1. The average Bonchev–Trinajstić information content (AvgIpc) is 2.48. The fourth-order valence-electron chi connectivity index (χ4n) is 2.53. The number of likely N-dealkylation sites (N-methyl/N-ethyl adjacent to an activating group) is 1. The summed E-state index contributed by atoms with van der Waals surface area (Å²) in [6.07, 6.45) is 0. The molecule has 0 aromatic heterocycles. The highest BCUT2D eigenvalue weighted by molar-refractivity contribution is 5.82. The number of hydrogen-bond acceptors (Lipinski definition) is 4. The van der Waals surface area contributed by atoms with Crippen LogP contribution < -0.4 is 10.6 Å². The number of rotatable bonds is 6. The molecule has 0 radical (unpaired) electrons. The van der Waals surface area contributed by atoms with Gasteiger partial charge in [0.15, 0.2) is 0 Å². The van der Waals surface area contributed by atoms with Crippen molar-refractivity contribution < 1.29 is 9.63 Å². The van der Waals surface area contributed by atoms with E-state index in [0.717, 1.165) is 5.56 Å². The van der Waals surface area contributed by atoms with Crippen molar-refractivity contribution in [2.24, 2.45) is 0 Å². The van der Waals surface area contributed by atoms with Gasteiger partial charge in [-0.3, -0.25) is 14.9 Å². The van der Waals surface area contributed by atoms with Crippen molar-refractivity contribution in [2.75, 3.05) is 14.2 Å². The van der Waals surface area contributed by atoms with Crippen LogP contribution in [0.25, 0.3) is 0 Å². The van der Waals surface area contributed by atoms with Gasteiger partial charge in [-0.2, -0.15) is 0 Å². The number of carbonyl (C=O) groups excluding carboxylic acids is 1. The van der Waals surface area contributed by atoms with Gasteiger partial charge in [-0.25, -0.2) is 5.06 Å². The van der Waals surface area contributed by atoms with Crippen LogP contribution in [0.5, 0.6) is 0 Å². The molecule has 24 heavy (non-hydrogen) atoms. The normalized spacial score (nSPS) is 15.0. The molecule has 136 valence electrons. The van der Waals surface area contributed by atoms with E-state index in [-0.39, 0.29) is 23.0 Å². The van der Waals surface area contributed by atoms with Gasteiger partial charge >= 0.3 is 0 Å². The third-order valence-electron chi connectivity index (χ3n) is 3.52. The van der Waals surface area contributed by atoms with Gasteiger partial charge in [0.05, 0.1) is 13.2 Å². The van der Waals surface area contributed by atoms with E-state index in [1.165, 1.54) is 12.2 Å². The number of hydrogen-bond donors (Lipinski definition) is 2. The van der Waals surface area contributed by atoms with Crippen LogP contribution in [0.15, 0.2) is 30.3 Å². The molecule has 2 N–H and O–H groups in total. The zero-order chi connectivity index (χ0) is 18.5. The minimum Gasteiger partial charge on any atom is -0.303 e. The van der Waals surface area contributed by atoms with Gasteiger partial charge in [-0.05, 0) is 47.1 Å². The Bertz CT molecular complexity index is 518. The van der Waals surface area contributed by atoms with Crippen LogP contribution in [0.3, 0.4) is 0 Å². The van der Waals surface area contributed by atoms with Crippen molar-refractivity contribution in [3.8, 4) is 0 Å². The van der Waals surface area contributed by atoms with Crippen molar-refractivity contribution >= 4 is 5.91 Å². The number of nitrogens with one attached hydrogen (secondary N) is 2. The summed E-state index contributed by atoms with van der Waals surface area (Å²) in [7, 11) is 3.14. The van der Waals surface area contributed by atoms with Crippen LogP contribution in [0.4, 0.5) is 0 Å². The Morgan fingerprint density at radius 2 is 1.50 bits per heavy atom. The molecule has 1 amide bonds. The van der Waals surface area contributed by atoms with Crippen molar-refractivity contribution in [2.45, 2.75) is 64.7 Å². The molecule has 5 heteroatoms. The van der Waals surface area contributed by atoms with Crippen molar-refractivity contribution in [1.29, 1.82) is 0 Å². The van der Waals surface area contributed by atoms with E-state index >= 15 is 0 Å². The molecule has 0 saturated carbocycles. The van der Waals surface area contributed by atoms with Gasteiger partial charge in [0, 0.05) is 18.1 Å². The van der Waals surface area contributed by atoms with E-state index in [4.69, 9.17) is 4.84 Å². The first-order chi connectivity index (χ1) is 10.9. The van der Waals surface area contributed by atoms with Crippen molar-refractivity contribution in [3.05, 3.63) is 35.9 Å². The predicted molar refractivity (Wildman–Crippen MR) is 98.5 cm³/mol. The number of amides is 1. The van der Waals surface area contributed by atoms with Crippen molar-refractivity contribution in [3.63, 3.8) is 0 Å². The second-order valence-electron chi connectivity index (χ2n) is 8.17. The summed E-state index contributed by atoms with van der Waals surface area (Å²) in [5.41, 5.74) is 0.693. The highest BCUT2D eigenvalue weighted by atomic mass is 16.7. The van der Waals surface area contributed by atoms with Crippen LogP contribution in [0.1, 0.15) is 53.1 Å². The molecule has 1 aromatic rings. The lowest BCUT2D eigenvalue weighted by Crippen LogP contribution is -2.59. The molecule has 0 unspecified atom stereocenters. The summed E-state index contributed by atoms with van der Waals surface area (Å²) in [5, 5.41) is 8.33. The lowest BCUT2D eigenvalue weighted by Gasteiger charge is -2.38. The summed E-state index contributed by atoms with van der Waals surface area (Å²) in [4.78, 5) is 18.1. The summed E-state index contributed by atoms with van der Waals surface area (Å²) < 4.78 is 0. The highest BCUT2D eigenvalue weighted by Gasteiger charge is 2.36. The Balaban J connectivity index is 3.30. The smallest absolute Gasteiger partial charge is 0.264 e. The minimum atomic E-state index is -0.462. The molecule has 0 fully saturated rings. The third kappa shape index (κ3) is 6.59. The first-order valence-electron chi connectivity index (χ1n) is 8.36. The molecule has 5 nitrogen and oxygen atoms in total. The van der Waals surface area contributed by atoms with Gasteiger partial charge in [0.25, 0.3) is 5.91 Å². The lowest BCUT2D eigenvalue weighted by molar-refractivity contribution is -0.172. The van der Waals surface area contributed by atoms with Crippen LogP contribution in [0.2, 0.25) is 0 Å². The molecular weight excluding hydrogens is 302 g/mol. The molecule has 1 aromatic carbocycles. The first-order valence-corrected chi connectivity index (χ1v) is 8.36. The van der Waals surface area contributed by atoms with E-state index < -0.39 is 6.04 Å². The third-order valence-corrected chi connectivity index (χ3v) is 3.52. The van der Waals surface area contributed by atoms with Crippen LogP contribution in [-0.2, 0) is 9.63 Å². The average molecular weight is 335 g/mol. The summed E-state index contributed by atoms with van der Waals surface area (Å²) >= 11 is 0. The maximum absolute atomic E-state index is 13.0. The van der Waals surface area contributed by atoms with Gasteiger partial charge in [0.2, 0.25) is 0 Å². The molecule has 0 aliphatic heterocycles. The molecule has 0 heterocycles. The van der Waals surface area contributed by atoms with Gasteiger partial charge in [-0.1, -0.05) is 30.3 Å². The molecule has 1 rings (SSSR count). The molecule has 0 aliphatic carbocycles. The fraction of sp³-hybridized carbons (Fsp3) is 0.632. The number of hydroxylamine groups is 2. The Hall–Kier alpha value is -1.43. The topological polar surface area (TPSA) is 53.6 Å². The quantitative estimate of drug-likeness (QED) is 0.785. The van der Waals surface area contributed by atoms with E-state index in [9.17, 15) is 4.79 Å².